The minimum absolute atomic E-state index is 0.0165. The Hall–Kier alpha value is -3.47. The number of hydrogen-bond acceptors (Lipinski definition) is 5. The lowest BCUT2D eigenvalue weighted by molar-refractivity contribution is -0.116. The summed E-state index contributed by atoms with van der Waals surface area (Å²) in [7, 11) is -3.56. The Balaban J connectivity index is 1.34. The van der Waals surface area contributed by atoms with Crippen molar-refractivity contribution < 1.29 is 22.4 Å². The highest BCUT2D eigenvalue weighted by atomic mass is 35.5. The molecule has 8 nitrogen and oxygen atoms in total. The number of piperidine rings is 1. The maximum Gasteiger partial charge on any atom is 0.255 e. The minimum atomic E-state index is -3.56. The van der Waals surface area contributed by atoms with Gasteiger partial charge in [0.2, 0.25) is 15.9 Å². The van der Waals surface area contributed by atoms with Gasteiger partial charge in [-0.3, -0.25) is 9.59 Å². The van der Waals surface area contributed by atoms with E-state index in [1.165, 1.54) is 34.6 Å². The number of sulfonamides is 1. The standard InChI is InChI=1S/C27H28ClFN4O4S/c1-18(26(34)31-21-8-11-23(12-9-21)38(36,37)33-14-3-2-4-15-33)30-22-10-13-25(24(29)17-22)32-27(35)19-6-5-7-20(28)16-19/h5-13,16-18,30H,2-4,14-15H2,1H3,(H,31,34)(H,32,35). The number of carbonyl (C=O) groups is 2. The van der Waals surface area contributed by atoms with Crippen molar-refractivity contribution >= 4 is 50.5 Å². The van der Waals surface area contributed by atoms with Gasteiger partial charge in [-0.05, 0) is 80.4 Å². The molecule has 0 radical (unpaired) electrons. The van der Waals surface area contributed by atoms with Crippen LogP contribution in [0, 0.1) is 5.82 Å². The van der Waals surface area contributed by atoms with E-state index in [2.05, 4.69) is 16.0 Å². The molecule has 3 aromatic carbocycles. The van der Waals surface area contributed by atoms with Gasteiger partial charge in [0.15, 0.2) is 0 Å². The molecule has 3 N–H and O–H groups in total. The van der Waals surface area contributed by atoms with Crippen LogP contribution >= 0.6 is 11.6 Å². The molecule has 1 fully saturated rings. The number of anilines is 3. The van der Waals surface area contributed by atoms with Crippen LogP contribution in [0.5, 0.6) is 0 Å². The van der Waals surface area contributed by atoms with Crippen LogP contribution < -0.4 is 16.0 Å². The molecule has 3 aromatic rings. The Kier molecular flexibility index (Phi) is 8.65. The topological polar surface area (TPSA) is 108 Å². The summed E-state index contributed by atoms with van der Waals surface area (Å²) in [4.78, 5) is 25.2. The van der Waals surface area contributed by atoms with Crippen LogP contribution in [0.15, 0.2) is 71.6 Å². The molecule has 1 atom stereocenters. The first kappa shape index (κ1) is 27.6. The van der Waals surface area contributed by atoms with Crippen molar-refractivity contribution in [3.8, 4) is 0 Å². The molecule has 1 heterocycles. The Morgan fingerprint density at radius 3 is 2.26 bits per heavy atom. The lowest BCUT2D eigenvalue weighted by Gasteiger charge is -2.25. The second-order valence-electron chi connectivity index (χ2n) is 9.00. The molecule has 0 aromatic heterocycles. The van der Waals surface area contributed by atoms with Crippen molar-refractivity contribution in [2.75, 3.05) is 29.0 Å². The molecule has 4 rings (SSSR count). The molecule has 1 unspecified atom stereocenters. The van der Waals surface area contributed by atoms with Crippen LogP contribution in [0.4, 0.5) is 21.5 Å². The maximum atomic E-state index is 14.6. The summed E-state index contributed by atoms with van der Waals surface area (Å²) in [6, 6.07) is 15.7. The second kappa shape index (κ2) is 11.9. The number of rotatable bonds is 8. The summed E-state index contributed by atoms with van der Waals surface area (Å²) in [5.74, 6) is -1.58. The molecule has 0 bridgehead atoms. The molecular weight excluding hydrogens is 531 g/mol. The fourth-order valence-electron chi connectivity index (χ4n) is 4.06. The first-order valence-corrected chi connectivity index (χ1v) is 14.0. The van der Waals surface area contributed by atoms with Crippen LogP contribution in [0.25, 0.3) is 0 Å². The number of benzene rings is 3. The summed E-state index contributed by atoms with van der Waals surface area (Å²) < 4.78 is 41.7. The zero-order chi connectivity index (χ0) is 27.3. The van der Waals surface area contributed by atoms with Crippen molar-refractivity contribution in [3.63, 3.8) is 0 Å². The Morgan fingerprint density at radius 1 is 0.921 bits per heavy atom. The molecule has 0 aliphatic carbocycles. The number of nitrogens with zero attached hydrogens (tertiary/aromatic N) is 1. The normalized spacial score (nSPS) is 14.9. The molecule has 1 saturated heterocycles. The van der Waals surface area contributed by atoms with Crippen molar-refractivity contribution in [2.45, 2.75) is 37.1 Å². The van der Waals surface area contributed by atoms with Gasteiger partial charge in [0, 0.05) is 35.1 Å². The van der Waals surface area contributed by atoms with Gasteiger partial charge < -0.3 is 16.0 Å². The molecule has 200 valence electrons. The van der Waals surface area contributed by atoms with E-state index in [0.717, 1.165) is 19.3 Å². The zero-order valence-electron chi connectivity index (χ0n) is 20.7. The number of nitrogens with one attached hydrogen (secondary N) is 3. The van der Waals surface area contributed by atoms with Crippen LogP contribution in [0.1, 0.15) is 36.5 Å². The third-order valence-electron chi connectivity index (χ3n) is 6.16. The average molecular weight is 559 g/mol. The van der Waals surface area contributed by atoms with Gasteiger partial charge in [-0.1, -0.05) is 24.1 Å². The third kappa shape index (κ3) is 6.69. The quantitative estimate of drug-likeness (QED) is 0.346. The zero-order valence-corrected chi connectivity index (χ0v) is 22.3. The van der Waals surface area contributed by atoms with Crippen molar-refractivity contribution in [3.05, 3.63) is 83.1 Å². The van der Waals surface area contributed by atoms with Crippen LogP contribution in [0.3, 0.4) is 0 Å². The minimum Gasteiger partial charge on any atom is -0.374 e. The summed E-state index contributed by atoms with van der Waals surface area (Å²) >= 11 is 5.90. The van der Waals surface area contributed by atoms with E-state index < -0.39 is 33.7 Å². The SMILES string of the molecule is CC(Nc1ccc(NC(=O)c2cccc(Cl)c2)c(F)c1)C(=O)Nc1ccc(S(=O)(=O)N2CCCCC2)cc1. The first-order valence-electron chi connectivity index (χ1n) is 12.2. The Bertz CT molecular complexity index is 1430. The number of carbonyl (C=O) groups excluding carboxylic acids is 2. The Morgan fingerprint density at radius 2 is 1.61 bits per heavy atom. The summed E-state index contributed by atoms with van der Waals surface area (Å²) in [5.41, 5.74) is 1.05. The average Bonchev–Trinajstić information content (AvgIpc) is 2.91. The lowest BCUT2D eigenvalue weighted by Crippen LogP contribution is -2.35. The van der Waals surface area contributed by atoms with E-state index in [1.54, 1.807) is 43.3 Å². The summed E-state index contributed by atoms with van der Waals surface area (Å²) in [6.45, 7) is 2.64. The molecule has 0 saturated carbocycles. The predicted octanol–water partition coefficient (Wildman–Crippen LogP) is 5.35. The fraction of sp³-hybridized carbons (Fsp3) is 0.259. The molecule has 1 aliphatic rings. The highest BCUT2D eigenvalue weighted by Crippen LogP contribution is 2.23. The van der Waals surface area contributed by atoms with Gasteiger partial charge in [-0.25, -0.2) is 12.8 Å². The smallest absolute Gasteiger partial charge is 0.255 e. The van der Waals surface area contributed by atoms with Gasteiger partial charge in [0.05, 0.1) is 10.6 Å². The van der Waals surface area contributed by atoms with Crippen LogP contribution in [0.2, 0.25) is 5.02 Å². The molecule has 38 heavy (non-hydrogen) atoms. The highest BCUT2D eigenvalue weighted by Gasteiger charge is 2.26. The summed E-state index contributed by atoms with van der Waals surface area (Å²) in [6.07, 6.45) is 2.73. The number of amides is 2. The highest BCUT2D eigenvalue weighted by molar-refractivity contribution is 7.89. The van der Waals surface area contributed by atoms with E-state index in [9.17, 15) is 22.4 Å². The number of halogens is 2. The summed E-state index contributed by atoms with van der Waals surface area (Å²) in [5, 5.41) is 8.53. The monoisotopic (exact) mass is 558 g/mol. The number of hydrogen-bond donors (Lipinski definition) is 3. The van der Waals surface area contributed by atoms with Gasteiger partial charge in [-0.2, -0.15) is 4.31 Å². The van der Waals surface area contributed by atoms with E-state index >= 15 is 0 Å². The third-order valence-corrected chi connectivity index (χ3v) is 8.30. The molecule has 1 aliphatic heterocycles. The van der Waals surface area contributed by atoms with Crippen LogP contribution in [-0.2, 0) is 14.8 Å². The van der Waals surface area contributed by atoms with E-state index in [0.29, 0.717) is 35.1 Å². The fourth-order valence-corrected chi connectivity index (χ4v) is 5.77. The van der Waals surface area contributed by atoms with E-state index in [-0.39, 0.29) is 10.6 Å². The molecule has 11 heteroatoms. The van der Waals surface area contributed by atoms with Gasteiger partial charge >= 0.3 is 0 Å². The van der Waals surface area contributed by atoms with Crippen LogP contribution in [-0.4, -0.2) is 43.7 Å². The van der Waals surface area contributed by atoms with Gasteiger partial charge in [0.1, 0.15) is 11.9 Å². The van der Waals surface area contributed by atoms with Gasteiger partial charge in [0.25, 0.3) is 5.91 Å². The second-order valence-corrected chi connectivity index (χ2v) is 11.4. The van der Waals surface area contributed by atoms with Crippen molar-refractivity contribution in [1.29, 1.82) is 0 Å². The predicted molar refractivity (Wildman–Crippen MR) is 147 cm³/mol. The first-order chi connectivity index (χ1) is 18.1. The van der Waals surface area contributed by atoms with E-state index in [1.807, 2.05) is 0 Å². The molecular formula is C27H28ClFN4O4S. The maximum absolute atomic E-state index is 14.6. The van der Waals surface area contributed by atoms with E-state index in [4.69, 9.17) is 11.6 Å². The lowest BCUT2D eigenvalue weighted by atomic mass is 10.2. The molecule has 0 spiro atoms. The van der Waals surface area contributed by atoms with Crippen molar-refractivity contribution in [1.82, 2.24) is 4.31 Å². The molecule has 2 amide bonds. The largest absolute Gasteiger partial charge is 0.374 e. The Labute approximate surface area is 226 Å². The van der Waals surface area contributed by atoms with Crippen molar-refractivity contribution in [2.24, 2.45) is 0 Å². The van der Waals surface area contributed by atoms with Gasteiger partial charge in [-0.15, -0.1) is 0 Å².